The van der Waals surface area contributed by atoms with Crippen molar-refractivity contribution < 1.29 is 9.90 Å². The Hall–Kier alpha value is -0.610. The average Bonchev–Trinajstić information content (AvgIpc) is 2.47. The van der Waals surface area contributed by atoms with E-state index in [0.29, 0.717) is 12.5 Å². The molecule has 1 saturated heterocycles. The number of nitrogens with two attached hydrogens (primary N) is 1. The van der Waals surface area contributed by atoms with Crippen molar-refractivity contribution in [2.45, 2.75) is 37.8 Å². The molecule has 2 atom stereocenters. The van der Waals surface area contributed by atoms with Gasteiger partial charge in [-0.2, -0.15) is 0 Å². The van der Waals surface area contributed by atoms with Crippen LogP contribution >= 0.6 is 0 Å². The zero-order valence-corrected chi connectivity index (χ0v) is 8.07. The molecule has 1 unspecified atom stereocenters. The first-order valence-electron chi connectivity index (χ1n) is 4.80. The molecule has 1 fully saturated rings. The van der Waals surface area contributed by atoms with Gasteiger partial charge in [-0.3, -0.25) is 4.79 Å². The van der Waals surface area contributed by atoms with E-state index in [1.54, 1.807) is 0 Å². The van der Waals surface area contributed by atoms with E-state index in [0.717, 1.165) is 13.0 Å². The third-order valence-electron chi connectivity index (χ3n) is 2.80. The molecule has 3 N–H and O–H groups in total. The molecule has 0 spiro atoms. The molecule has 4 nitrogen and oxygen atoms in total. The molecule has 1 aliphatic heterocycles. The minimum Gasteiger partial charge on any atom is -0.480 e. The van der Waals surface area contributed by atoms with Crippen LogP contribution in [0.3, 0.4) is 0 Å². The SMILES string of the molecule is CN1CCCC1CC[C@H](N)C(=O)O. The van der Waals surface area contributed by atoms with Gasteiger partial charge < -0.3 is 15.7 Å². The summed E-state index contributed by atoms with van der Waals surface area (Å²) in [5.74, 6) is -0.888. The number of aliphatic carboxylic acids is 1. The largest absolute Gasteiger partial charge is 0.480 e. The summed E-state index contributed by atoms with van der Waals surface area (Å²) in [6.45, 7) is 1.13. The molecule has 0 radical (unpaired) electrons. The highest BCUT2D eigenvalue weighted by molar-refractivity contribution is 5.72. The summed E-state index contributed by atoms with van der Waals surface area (Å²) in [5, 5.41) is 8.58. The number of nitrogens with zero attached hydrogens (tertiary/aromatic N) is 1. The quantitative estimate of drug-likeness (QED) is 0.661. The highest BCUT2D eigenvalue weighted by atomic mass is 16.4. The molecular weight excluding hydrogens is 168 g/mol. The van der Waals surface area contributed by atoms with Gasteiger partial charge in [0.2, 0.25) is 0 Å². The molecule has 1 rings (SSSR count). The lowest BCUT2D eigenvalue weighted by Crippen LogP contribution is -2.33. The first-order chi connectivity index (χ1) is 6.11. The predicted molar refractivity (Wildman–Crippen MR) is 50.5 cm³/mol. The third-order valence-corrected chi connectivity index (χ3v) is 2.80. The van der Waals surface area contributed by atoms with Gasteiger partial charge in [-0.25, -0.2) is 0 Å². The van der Waals surface area contributed by atoms with E-state index in [9.17, 15) is 4.79 Å². The smallest absolute Gasteiger partial charge is 0.320 e. The zero-order valence-electron chi connectivity index (χ0n) is 8.07. The minimum atomic E-state index is -0.888. The number of rotatable bonds is 4. The van der Waals surface area contributed by atoms with Crippen LogP contribution in [0.1, 0.15) is 25.7 Å². The summed E-state index contributed by atoms with van der Waals surface area (Å²) in [6.07, 6.45) is 3.90. The molecule has 13 heavy (non-hydrogen) atoms. The minimum absolute atomic E-state index is 0.547. The Labute approximate surface area is 78.7 Å². The summed E-state index contributed by atoms with van der Waals surface area (Å²) in [7, 11) is 2.09. The van der Waals surface area contributed by atoms with Crippen molar-refractivity contribution in [1.82, 2.24) is 4.90 Å². The van der Waals surface area contributed by atoms with Gasteiger partial charge in [0.15, 0.2) is 0 Å². The Bertz CT molecular complexity index is 184. The van der Waals surface area contributed by atoms with E-state index >= 15 is 0 Å². The fourth-order valence-electron chi connectivity index (χ4n) is 1.84. The van der Waals surface area contributed by atoms with Gasteiger partial charge in [0, 0.05) is 6.04 Å². The molecule has 0 aromatic rings. The monoisotopic (exact) mass is 186 g/mol. The van der Waals surface area contributed by atoms with Crippen LogP contribution in [0, 0.1) is 0 Å². The molecule has 0 saturated carbocycles. The van der Waals surface area contributed by atoms with Crippen molar-refractivity contribution in [1.29, 1.82) is 0 Å². The fourth-order valence-corrected chi connectivity index (χ4v) is 1.84. The van der Waals surface area contributed by atoms with Crippen LogP contribution in [0.15, 0.2) is 0 Å². The number of hydrogen-bond acceptors (Lipinski definition) is 3. The van der Waals surface area contributed by atoms with Gasteiger partial charge in [-0.1, -0.05) is 0 Å². The van der Waals surface area contributed by atoms with Gasteiger partial charge in [0.25, 0.3) is 0 Å². The van der Waals surface area contributed by atoms with E-state index in [1.165, 1.54) is 12.8 Å². The number of hydrogen-bond donors (Lipinski definition) is 2. The topological polar surface area (TPSA) is 66.6 Å². The molecule has 0 bridgehead atoms. The zero-order chi connectivity index (χ0) is 9.84. The Balaban J connectivity index is 2.22. The van der Waals surface area contributed by atoms with E-state index in [1.807, 2.05) is 0 Å². The van der Waals surface area contributed by atoms with Crippen LogP contribution in [0.2, 0.25) is 0 Å². The number of carboxylic acids is 1. The van der Waals surface area contributed by atoms with Crippen LogP contribution in [0.4, 0.5) is 0 Å². The van der Waals surface area contributed by atoms with Crippen LogP contribution in [0.25, 0.3) is 0 Å². The van der Waals surface area contributed by atoms with Gasteiger partial charge in [0.1, 0.15) is 6.04 Å². The maximum Gasteiger partial charge on any atom is 0.320 e. The number of carbonyl (C=O) groups is 1. The van der Waals surface area contributed by atoms with Crippen LogP contribution < -0.4 is 5.73 Å². The summed E-state index contributed by atoms with van der Waals surface area (Å²) >= 11 is 0. The molecular formula is C9H18N2O2. The van der Waals surface area contributed by atoms with Crippen LogP contribution in [-0.2, 0) is 4.79 Å². The van der Waals surface area contributed by atoms with Crippen LogP contribution in [0.5, 0.6) is 0 Å². The van der Waals surface area contributed by atoms with Crippen molar-refractivity contribution in [2.75, 3.05) is 13.6 Å². The van der Waals surface area contributed by atoms with Crippen molar-refractivity contribution in [3.05, 3.63) is 0 Å². The second kappa shape index (κ2) is 4.58. The highest BCUT2D eigenvalue weighted by Gasteiger charge is 2.22. The van der Waals surface area contributed by atoms with Gasteiger partial charge >= 0.3 is 5.97 Å². The van der Waals surface area contributed by atoms with E-state index in [4.69, 9.17) is 10.8 Å². The highest BCUT2D eigenvalue weighted by Crippen LogP contribution is 2.19. The normalized spacial score (nSPS) is 26.2. The summed E-state index contributed by atoms with van der Waals surface area (Å²) in [5.41, 5.74) is 5.42. The van der Waals surface area contributed by atoms with E-state index < -0.39 is 12.0 Å². The molecule has 0 aromatic carbocycles. The molecule has 1 heterocycles. The van der Waals surface area contributed by atoms with Gasteiger partial charge in [0.05, 0.1) is 0 Å². The van der Waals surface area contributed by atoms with Crippen molar-refractivity contribution in [3.63, 3.8) is 0 Å². The fraction of sp³-hybridized carbons (Fsp3) is 0.889. The Morgan fingerprint density at radius 1 is 1.77 bits per heavy atom. The van der Waals surface area contributed by atoms with Gasteiger partial charge in [-0.15, -0.1) is 0 Å². The lowest BCUT2D eigenvalue weighted by molar-refractivity contribution is -0.138. The molecule has 0 aromatic heterocycles. The number of likely N-dealkylation sites (tertiary alicyclic amines) is 1. The van der Waals surface area contributed by atoms with Gasteiger partial charge in [-0.05, 0) is 39.3 Å². The molecule has 0 amide bonds. The summed E-state index contributed by atoms with van der Waals surface area (Å²) < 4.78 is 0. The second-order valence-electron chi connectivity index (χ2n) is 3.80. The van der Waals surface area contributed by atoms with Crippen LogP contribution in [-0.4, -0.2) is 41.7 Å². The molecule has 76 valence electrons. The Morgan fingerprint density at radius 3 is 2.92 bits per heavy atom. The summed E-state index contributed by atoms with van der Waals surface area (Å²) in [4.78, 5) is 12.7. The Morgan fingerprint density at radius 2 is 2.46 bits per heavy atom. The van der Waals surface area contributed by atoms with Crippen molar-refractivity contribution in [3.8, 4) is 0 Å². The maximum atomic E-state index is 10.4. The lowest BCUT2D eigenvalue weighted by Gasteiger charge is -2.19. The first kappa shape index (κ1) is 10.5. The average molecular weight is 186 g/mol. The number of carboxylic acid groups (broad SMARTS) is 1. The molecule has 4 heteroatoms. The van der Waals surface area contributed by atoms with Crippen molar-refractivity contribution >= 4 is 5.97 Å². The first-order valence-corrected chi connectivity index (χ1v) is 4.80. The lowest BCUT2D eigenvalue weighted by atomic mass is 10.1. The molecule has 0 aliphatic carbocycles. The standard InChI is InChI=1S/C9H18N2O2/c1-11-6-2-3-7(11)4-5-8(10)9(12)13/h7-8H,2-6,10H2,1H3,(H,12,13)/t7?,8-/m0/s1. The van der Waals surface area contributed by atoms with E-state index in [-0.39, 0.29) is 0 Å². The second-order valence-corrected chi connectivity index (χ2v) is 3.80. The predicted octanol–water partition coefficient (Wildman–Crippen LogP) is 0.273. The third kappa shape index (κ3) is 2.97. The Kier molecular flexibility index (Phi) is 3.69. The van der Waals surface area contributed by atoms with E-state index in [2.05, 4.69) is 11.9 Å². The molecule has 1 aliphatic rings. The van der Waals surface area contributed by atoms with Crippen molar-refractivity contribution in [2.24, 2.45) is 5.73 Å². The maximum absolute atomic E-state index is 10.4. The summed E-state index contributed by atoms with van der Waals surface area (Å²) in [6, 6.07) is -0.139.